The molecule has 0 aliphatic carbocycles. The molecule has 21 heavy (non-hydrogen) atoms. The van der Waals surface area contributed by atoms with Crippen molar-refractivity contribution >= 4 is 6.09 Å². The van der Waals surface area contributed by atoms with Crippen molar-refractivity contribution in [2.75, 3.05) is 20.1 Å². The van der Waals surface area contributed by atoms with E-state index in [9.17, 15) is 4.79 Å². The summed E-state index contributed by atoms with van der Waals surface area (Å²) in [5.41, 5.74) is -0.420. The van der Waals surface area contributed by atoms with Gasteiger partial charge in [-0.3, -0.25) is 0 Å². The number of nitrogens with one attached hydrogen (secondary N) is 1. The summed E-state index contributed by atoms with van der Waals surface area (Å²) in [4.78, 5) is 13.4. The Hall–Kier alpha value is -0.770. The summed E-state index contributed by atoms with van der Waals surface area (Å²) in [7, 11) is 1.79. The summed E-state index contributed by atoms with van der Waals surface area (Å²) >= 11 is 0. The van der Waals surface area contributed by atoms with Crippen molar-refractivity contribution in [3.8, 4) is 0 Å². The lowest BCUT2D eigenvalue weighted by atomic mass is 10.1. The van der Waals surface area contributed by atoms with Gasteiger partial charge in [0, 0.05) is 19.6 Å². The quantitative estimate of drug-likeness (QED) is 0.615. The number of ether oxygens (including phenoxy) is 1. The molecule has 0 rings (SSSR count). The number of hydrogen-bond acceptors (Lipinski definition) is 3. The maximum atomic E-state index is 11.8. The van der Waals surface area contributed by atoms with Crippen molar-refractivity contribution < 1.29 is 9.53 Å². The predicted octanol–water partition coefficient (Wildman–Crippen LogP) is 4.19. The minimum atomic E-state index is -0.420. The highest BCUT2D eigenvalue weighted by molar-refractivity contribution is 5.67. The normalized spacial score (nSPS) is 13.0. The van der Waals surface area contributed by atoms with Crippen LogP contribution < -0.4 is 5.32 Å². The number of unbranched alkanes of at least 4 members (excludes halogenated alkanes) is 3. The number of rotatable bonds is 10. The highest BCUT2D eigenvalue weighted by atomic mass is 16.6. The van der Waals surface area contributed by atoms with Gasteiger partial charge in [-0.25, -0.2) is 4.79 Å². The molecule has 1 N–H and O–H groups in total. The first-order valence-electron chi connectivity index (χ1n) is 8.43. The summed E-state index contributed by atoms with van der Waals surface area (Å²) < 4.78 is 5.32. The molecule has 126 valence electrons. The largest absolute Gasteiger partial charge is 0.444 e. The van der Waals surface area contributed by atoms with Gasteiger partial charge in [0.25, 0.3) is 0 Å². The average molecular weight is 300 g/mol. The fourth-order valence-corrected chi connectivity index (χ4v) is 2.08. The maximum Gasteiger partial charge on any atom is 0.410 e. The second-order valence-corrected chi connectivity index (χ2v) is 6.96. The molecule has 0 aromatic carbocycles. The molecule has 0 fully saturated rings. The Kier molecular flexibility index (Phi) is 10.5. The van der Waals surface area contributed by atoms with Gasteiger partial charge in [-0.15, -0.1) is 0 Å². The van der Waals surface area contributed by atoms with Crippen LogP contribution >= 0.6 is 0 Å². The van der Waals surface area contributed by atoms with E-state index in [1.165, 1.54) is 32.1 Å². The molecule has 0 saturated carbocycles. The van der Waals surface area contributed by atoms with Gasteiger partial charge in [0.15, 0.2) is 0 Å². The van der Waals surface area contributed by atoms with Crippen molar-refractivity contribution in [1.82, 2.24) is 10.2 Å². The summed E-state index contributed by atoms with van der Waals surface area (Å²) in [6.45, 7) is 11.8. The Bertz CT molecular complexity index is 274. The molecule has 0 aliphatic heterocycles. The summed E-state index contributed by atoms with van der Waals surface area (Å²) in [5.74, 6) is 0. The van der Waals surface area contributed by atoms with Crippen LogP contribution in [0.5, 0.6) is 0 Å². The Morgan fingerprint density at radius 1 is 1.19 bits per heavy atom. The summed E-state index contributed by atoms with van der Waals surface area (Å²) in [6, 6.07) is 0.564. The van der Waals surface area contributed by atoms with E-state index in [-0.39, 0.29) is 6.09 Å². The lowest BCUT2D eigenvalue weighted by Gasteiger charge is -2.24. The minimum absolute atomic E-state index is 0.241. The lowest BCUT2D eigenvalue weighted by molar-refractivity contribution is 0.0297. The van der Waals surface area contributed by atoms with E-state index in [1.54, 1.807) is 11.9 Å². The molecule has 0 bridgehead atoms. The molecule has 4 nitrogen and oxygen atoms in total. The van der Waals surface area contributed by atoms with Crippen LogP contribution in [0.4, 0.5) is 4.79 Å². The molecular formula is C17H36N2O2. The van der Waals surface area contributed by atoms with Crippen LogP contribution in [-0.2, 0) is 4.74 Å². The van der Waals surface area contributed by atoms with Crippen LogP contribution in [0.25, 0.3) is 0 Å². The first-order valence-corrected chi connectivity index (χ1v) is 8.43. The molecule has 0 spiro atoms. The Morgan fingerprint density at radius 3 is 2.43 bits per heavy atom. The standard InChI is InChI=1S/C17H36N2O2/c1-7-8-9-10-12-15(2)18-13-11-14-19(6)16(20)21-17(3,4)5/h15,18H,7-14H2,1-6H3. The fourth-order valence-electron chi connectivity index (χ4n) is 2.08. The van der Waals surface area contributed by atoms with Gasteiger partial charge in [-0.1, -0.05) is 32.6 Å². The minimum Gasteiger partial charge on any atom is -0.444 e. The van der Waals surface area contributed by atoms with Crippen molar-refractivity contribution in [2.45, 2.75) is 84.8 Å². The van der Waals surface area contributed by atoms with Gasteiger partial charge in [0.1, 0.15) is 5.60 Å². The van der Waals surface area contributed by atoms with E-state index in [0.717, 1.165) is 19.5 Å². The average Bonchev–Trinajstić information content (AvgIpc) is 2.37. The number of amides is 1. The highest BCUT2D eigenvalue weighted by Gasteiger charge is 2.19. The maximum absolute atomic E-state index is 11.8. The molecular weight excluding hydrogens is 264 g/mol. The molecule has 0 aliphatic rings. The molecule has 1 amide bonds. The van der Waals surface area contributed by atoms with E-state index in [4.69, 9.17) is 4.74 Å². The van der Waals surface area contributed by atoms with E-state index in [0.29, 0.717) is 6.04 Å². The van der Waals surface area contributed by atoms with Crippen molar-refractivity contribution in [2.24, 2.45) is 0 Å². The summed E-state index contributed by atoms with van der Waals surface area (Å²) in [5, 5.41) is 3.52. The van der Waals surface area contributed by atoms with Crippen molar-refractivity contribution in [3.63, 3.8) is 0 Å². The first-order chi connectivity index (χ1) is 9.76. The Balaban J connectivity index is 3.63. The van der Waals surface area contributed by atoms with Gasteiger partial charge < -0.3 is 15.0 Å². The van der Waals surface area contributed by atoms with E-state index in [2.05, 4.69) is 19.2 Å². The van der Waals surface area contributed by atoms with Crippen LogP contribution in [0.1, 0.15) is 73.1 Å². The summed E-state index contributed by atoms with van der Waals surface area (Å²) in [6.07, 6.45) is 7.22. The molecule has 0 heterocycles. The smallest absolute Gasteiger partial charge is 0.410 e. The molecule has 0 aromatic heterocycles. The van der Waals surface area contributed by atoms with Crippen LogP contribution in [0, 0.1) is 0 Å². The number of nitrogens with zero attached hydrogens (tertiary/aromatic N) is 1. The molecule has 0 aromatic rings. The van der Waals surface area contributed by atoms with Crippen molar-refractivity contribution in [3.05, 3.63) is 0 Å². The monoisotopic (exact) mass is 300 g/mol. The first kappa shape index (κ1) is 20.2. The highest BCUT2D eigenvalue weighted by Crippen LogP contribution is 2.09. The predicted molar refractivity (Wildman–Crippen MR) is 89.7 cm³/mol. The SMILES string of the molecule is CCCCCCC(C)NCCCN(C)C(=O)OC(C)(C)C. The third-order valence-electron chi connectivity index (χ3n) is 3.36. The van der Waals surface area contributed by atoms with E-state index < -0.39 is 5.60 Å². The fraction of sp³-hybridized carbons (Fsp3) is 0.941. The van der Waals surface area contributed by atoms with E-state index >= 15 is 0 Å². The molecule has 0 saturated heterocycles. The van der Waals surface area contributed by atoms with Crippen LogP contribution in [0.2, 0.25) is 0 Å². The van der Waals surface area contributed by atoms with Gasteiger partial charge in [0.2, 0.25) is 0 Å². The van der Waals surface area contributed by atoms with Crippen LogP contribution in [-0.4, -0.2) is 42.8 Å². The van der Waals surface area contributed by atoms with Gasteiger partial charge in [-0.05, 0) is 47.1 Å². The zero-order valence-corrected chi connectivity index (χ0v) is 15.0. The number of hydrogen-bond donors (Lipinski definition) is 1. The van der Waals surface area contributed by atoms with Gasteiger partial charge >= 0.3 is 6.09 Å². The number of carbonyl (C=O) groups is 1. The third kappa shape index (κ3) is 12.7. The number of carbonyl (C=O) groups excluding carboxylic acids is 1. The zero-order valence-electron chi connectivity index (χ0n) is 15.0. The topological polar surface area (TPSA) is 41.6 Å². The second kappa shape index (κ2) is 10.9. The molecule has 1 unspecified atom stereocenters. The molecule has 1 atom stereocenters. The van der Waals surface area contributed by atoms with Crippen LogP contribution in [0.15, 0.2) is 0 Å². The second-order valence-electron chi connectivity index (χ2n) is 6.96. The molecule has 4 heteroatoms. The van der Waals surface area contributed by atoms with Crippen molar-refractivity contribution in [1.29, 1.82) is 0 Å². The Morgan fingerprint density at radius 2 is 1.86 bits per heavy atom. The van der Waals surface area contributed by atoms with Crippen LogP contribution in [0.3, 0.4) is 0 Å². The lowest BCUT2D eigenvalue weighted by Crippen LogP contribution is -2.36. The molecule has 0 radical (unpaired) electrons. The van der Waals surface area contributed by atoms with Gasteiger partial charge in [0.05, 0.1) is 0 Å². The van der Waals surface area contributed by atoms with Gasteiger partial charge in [-0.2, -0.15) is 0 Å². The van der Waals surface area contributed by atoms with E-state index in [1.807, 2.05) is 20.8 Å². The zero-order chi connectivity index (χ0) is 16.3. The third-order valence-corrected chi connectivity index (χ3v) is 3.36. The Labute approximate surface area is 131 Å².